The molecule has 0 saturated heterocycles. The van der Waals surface area contributed by atoms with Gasteiger partial charge in [0.15, 0.2) is 0 Å². The summed E-state index contributed by atoms with van der Waals surface area (Å²) in [6.45, 7) is 0.364. The highest BCUT2D eigenvalue weighted by atomic mass is 79.9. The van der Waals surface area contributed by atoms with Gasteiger partial charge in [-0.3, -0.25) is 0 Å². The van der Waals surface area contributed by atoms with Gasteiger partial charge in [-0.05, 0) is 39.5 Å². The normalized spacial score (nSPS) is 10.2. The van der Waals surface area contributed by atoms with Crippen molar-refractivity contribution in [2.45, 2.75) is 6.61 Å². The molecular formula is C12H9BrO3S. The van der Waals surface area contributed by atoms with E-state index >= 15 is 0 Å². The maximum absolute atomic E-state index is 11.0. The highest BCUT2D eigenvalue weighted by Gasteiger charge is 2.11. The molecule has 0 saturated carbocycles. The second-order valence-corrected chi connectivity index (χ2v) is 5.14. The fourth-order valence-electron chi connectivity index (χ4n) is 1.34. The molecule has 0 atom stereocenters. The van der Waals surface area contributed by atoms with Crippen molar-refractivity contribution in [3.63, 3.8) is 0 Å². The molecule has 2 aromatic rings. The van der Waals surface area contributed by atoms with Crippen LogP contribution in [-0.4, -0.2) is 11.1 Å². The predicted molar refractivity (Wildman–Crippen MR) is 69.8 cm³/mol. The number of thiophene rings is 1. The fraction of sp³-hybridized carbons (Fsp3) is 0.0833. The van der Waals surface area contributed by atoms with Gasteiger partial charge in [-0.15, -0.1) is 11.3 Å². The van der Waals surface area contributed by atoms with Crippen LogP contribution in [0.5, 0.6) is 5.75 Å². The molecule has 1 aromatic carbocycles. The lowest BCUT2D eigenvalue weighted by Crippen LogP contribution is -2.02. The molecule has 1 heterocycles. The number of hydrogen-bond acceptors (Lipinski definition) is 3. The third-order valence-corrected chi connectivity index (χ3v) is 4.07. The molecule has 0 spiro atoms. The van der Waals surface area contributed by atoms with Crippen LogP contribution in [0.3, 0.4) is 0 Å². The van der Waals surface area contributed by atoms with Gasteiger partial charge < -0.3 is 9.84 Å². The molecular weight excluding hydrogens is 304 g/mol. The van der Waals surface area contributed by atoms with Gasteiger partial charge in [0, 0.05) is 4.47 Å². The number of aromatic carboxylic acids is 1. The molecule has 0 fully saturated rings. The molecule has 0 radical (unpaired) electrons. The SMILES string of the molecule is O=C(O)c1ccccc1OCc1sccc1Br. The Morgan fingerprint density at radius 1 is 1.35 bits per heavy atom. The largest absolute Gasteiger partial charge is 0.487 e. The van der Waals surface area contributed by atoms with E-state index in [1.165, 1.54) is 6.07 Å². The molecule has 5 heteroatoms. The molecule has 0 unspecified atom stereocenters. The average molecular weight is 313 g/mol. The summed E-state index contributed by atoms with van der Waals surface area (Å²) >= 11 is 4.97. The van der Waals surface area contributed by atoms with Crippen LogP contribution < -0.4 is 4.74 Å². The minimum Gasteiger partial charge on any atom is -0.487 e. The number of rotatable bonds is 4. The molecule has 88 valence electrons. The summed E-state index contributed by atoms with van der Waals surface area (Å²) in [4.78, 5) is 12.0. The molecule has 0 aliphatic heterocycles. The van der Waals surface area contributed by atoms with E-state index in [4.69, 9.17) is 9.84 Å². The molecule has 17 heavy (non-hydrogen) atoms. The third-order valence-electron chi connectivity index (χ3n) is 2.17. The molecule has 3 nitrogen and oxygen atoms in total. The smallest absolute Gasteiger partial charge is 0.339 e. The van der Waals surface area contributed by atoms with Crippen LogP contribution >= 0.6 is 27.3 Å². The lowest BCUT2D eigenvalue weighted by molar-refractivity contribution is 0.0692. The van der Waals surface area contributed by atoms with E-state index in [9.17, 15) is 4.79 Å². The Morgan fingerprint density at radius 2 is 2.12 bits per heavy atom. The summed E-state index contributed by atoms with van der Waals surface area (Å²) in [5.41, 5.74) is 0.181. The van der Waals surface area contributed by atoms with Gasteiger partial charge in [0.1, 0.15) is 17.9 Å². The minimum atomic E-state index is -0.981. The van der Waals surface area contributed by atoms with Crippen molar-refractivity contribution in [1.82, 2.24) is 0 Å². The fourth-order valence-corrected chi connectivity index (χ4v) is 2.72. The number of carboxylic acid groups (broad SMARTS) is 1. The van der Waals surface area contributed by atoms with Crippen molar-refractivity contribution >= 4 is 33.2 Å². The topological polar surface area (TPSA) is 46.5 Å². The number of para-hydroxylation sites is 1. The van der Waals surface area contributed by atoms with Crippen molar-refractivity contribution in [2.24, 2.45) is 0 Å². The van der Waals surface area contributed by atoms with Gasteiger partial charge in [-0.25, -0.2) is 4.79 Å². The van der Waals surface area contributed by atoms with Crippen LogP contribution in [0.2, 0.25) is 0 Å². The lowest BCUT2D eigenvalue weighted by atomic mass is 10.2. The van der Waals surface area contributed by atoms with E-state index in [0.717, 1.165) is 9.35 Å². The van der Waals surface area contributed by atoms with Crippen LogP contribution in [0.1, 0.15) is 15.2 Å². The lowest BCUT2D eigenvalue weighted by Gasteiger charge is -2.07. The van der Waals surface area contributed by atoms with Crippen molar-refractivity contribution < 1.29 is 14.6 Å². The summed E-state index contributed by atoms with van der Waals surface area (Å²) < 4.78 is 6.51. The molecule has 2 rings (SSSR count). The first-order chi connectivity index (χ1) is 8.18. The summed E-state index contributed by atoms with van der Waals surface area (Å²) in [7, 11) is 0. The van der Waals surface area contributed by atoms with Crippen LogP contribution in [0, 0.1) is 0 Å². The van der Waals surface area contributed by atoms with Gasteiger partial charge in [-0.1, -0.05) is 12.1 Å². The van der Waals surface area contributed by atoms with Crippen molar-refractivity contribution in [2.75, 3.05) is 0 Å². The Bertz CT molecular complexity index is 536. The monoisotopic (exact) mass is 312 g/mol. The molecule has 1 N–H and O–H groups in total. The number of ether oxygens (including phenoxy) is 1. The number of carbonyl (C=O) groups is 1. The maximum atomic E-state index is 11.0. The average Bonchev–Trinajstić information content (AvgIpc) is 2.72. The second-order valence-electron chi connectivity index (χ2n) is 3.28. The predicted octanol–water partition coefficient (Wildman–Crippen LogP) is 3.79. The maximum Gasteiger partial charge on any atom is 0.339 e. The van der Waals surface area contributed by atoms with Crippen LogP contribution in [0.4, 0.5) is 0 Å². The first kappa shape index (κ1) is 12.1. The number of carboxylic acids is 1. The van der Waals surface area contributed by atoms with E-state index in [1.54, 1.807) is 29.5 Å². The minimum absolute atomic E-state index is 0.181. The number of benzene rings is 1. The van der Waals surface area contributed by atoms with Crippen molar-refractivity contribution in [3.8, 4) is 5.75 Å². The highest BCUT2D eigenvalue weighted by molar-refractivity contribution is 9.10. The first-order valence-corrected chi connectivity index (χ1v) is 6.52. The van der Waals surface area contributed by atoms with E-state index in [-0.39, 0.29) is 5.56 Å². The molecule has 0 amide bonds. The Balaban J connectivity index is 2.14. The van der Waals surface area contributed by atoms with Gasteiger partial charge in [0.25, 0.3) is 0 Å². The van der Waals surface area contributed by atoms with Gasteiger partial charge in [0.2, 0.25) is 0 Å². The quantitative estimate of drug-likeness (QED) is 0.934. The van der Waals surface area contributed by atoms with E-state index in [2.05, 4.69) is 15.9 Å². The van der Waals surface area contributed by atoms with Crippen LogP contribution in [0.15, 0.2) is 40.2 Å². The molecule has 1 aromatic heterocycles. The summed E-state index contributed by atoms with van der Waals surface area (Å²) in [5.74, 6) is -0.592. The Labute approximate surface area is 111 Å². The zero-order valence-corrected chi connectivity index (χ0v) is 11.1. The molecule has 0 bridgehead atoms. The summed E-state index contributed by atoms with van der Waals surface area (Å²) in [6.07, 6.45) is 0. The second kappa shape index (κ2) is 5.33. The zero-order chi connectivity index (χ0) is 12.3. The number of hydrogen-bond donors (Lipinski definition) is 1. The standard InChI is InChI=1S/C12H9BrO3S/c13-9-5-6-17-11(9)7-16-10-4-2-1-3-8(10)12(14)15/h1-6H,7H2,(H,14,15). The van der Waals surface area contributed by atoms with Crippen LogP contribution in [-0.2, 0) is 6.61 Å². The Kier molecular flexibility index (Phi) is 3.81. The van der Waals surface area contributed by atoms with Crippen molar-refractivity contribution in [1.29, 1.82) is 0 Å². The first-order valence-electron chi connectivity index (χ1n) is 4.85. The van der Waals surface area contributed by atoms with Gasteiger partial charge >= 0.3 is 5.97 Å². The van der Waals surface area contributed by atoms with E-state index in [0.29, 0.717) is 12.4 Å². The highest BCUT2D eigenvalue weighted by Crippen LogP contribution is 2.25. The zero-order valence-electron chi connectivity index (χ0n) is 8.72. The molecule has 0 aliphatic rings. The van der Waals surface area contributed by atoms with E-state index in [1.807, 2.05) is 11.4 Å². The van der Waals surface area contributed by atoms with Crippen molar-refractivity contribution in [3.05, 3.63) is 50.6 Å². The summed E-state index contributed by atoms with van der Waals surface area (Å²) in [6, 6.07) is 8.56. The number of halogens is 1. The Morgan fingerprint density at radius 3 is 2.76 bits per heavy atom. The Hall–Kier alpha value is -1.33. The van der Waals surface area contributed by atoms with E-state index < -0.39 is 5.97 Å². The third kappa shape index (κ3) is 2.87. The molecule has 0 aliphatic carbocycles. The van der Waals surface area contributed by atoms with Gasteiger partial charge in [-0.2, -0.15) is 0 Å². The summed E-state index contributed by atoms with van der Waals surface area (Å²) in [5, 5.41) is 10.9. The van der Waals surface area contributed by atoms with Gasteiger partial charge in [0.05, 0.1) is 4.88 Å². The van der Waals surface area contributed by atoms with Crippen LogP contribution in [0.25, 0.3) is 0 Å².